The highest BCUT2D eigenvalue weighted by molar-refractivity contribution is 5.84. The number of carbonyl (C=O) groups is 1. The average Bonchev–Trinajstić information content (AvgIpc) is 3.46. The predicted molar refractivity (Wildman–Crippen MR) is 106 cm³/mol. The molecule has 28 heavy (non-hydrogen) atoms. The molecule has 1 saturated heterocycles. The van der Waals surface area contributed by atoms with Crippen molar-refractivity contribution in [3.05, 3.63) is 59.7 Å². The number of amides is 1. The van der Waals surface area contributed by atoms with Crippen LogP contribution < -0.4 is 5.73 Å². The van der Waals surface area contributed by atoms with Gasteiger partial charge < -0.3 is 10.6 Å². The normalized spacial score (nSPS) is 27.4. The second kappa shape index (κ2) is 7.28. The van der Waals surface area contributed by atoms with E-state index in [0.29, 0.717) is 12.1 Å². The first kappa shape index (κ1) is 19.1. The standard InChI is InChI=1S/C23H26F2N2O/c1-23(26)10-5-12-27(13-11-23)22(28)18-14-17(18)15-6-2-3-7-16(15)21-19(24)8-4-9-20(21)25/h2-4,6-9,17-18H,5,10-14,26H2,1H3/t17-,18+,23?/m0/s1. The van der Waals surface area contributed by atoms with Gasteiger partial charge in [0.05, 0.1) is 5.56 Å². The lowest BCUT2D eigenvalue weighted by Crippen LogP contribution is -2.38. The van der Waals surface area contributed by atoms with Gasteiger partial charge >= 0.3 is 0 Å². The molecule has 1 aliphatic heterocycles. The lowest BCUT2D eigenvalue weighted by molar-refractivity contribution is -0.132. The van der Waals surface area contributed by atoms with Gasteiger partial charge in [-0.1, -0.05) is 30.3 Å². The predicted octanol–water partition coefficient (Wildman–Crippen LogP) is 4.47. The molecule has 1 aliphatic carbocycles. The summed E-state index contributed by atoms with van der Waals surface area (Å²) in [6.07, 6.45) is 3.35. The molecule has 2 aromatic carbocycles. The van der Waals surface area contributed by atoms with Crippen LogP contribution in [0.15, 0.2) is 42.5 Å². The number of likely N-dealkylation sites (tertiary alicyclic amines) is 1. The SMILES string of the molecule is CC1(N)CCCN(C(=O)[C@@H]2C[C@H]2c2ccccc2-c2c(F)cccc2F)CC1. The van der Waals surface area contributed by atoms with Crippen molar-refractivity contribution in [3.8, 4) is 11.1 Å². The summed E-state index contributed by atoms with van der Waals surface area (Å²) in [7, 11) is 0. The topological polar surface area (TPSA) is 46.3 Å². The summed E-state index contributed by atoms with van der Waals surface area (Å²) in [4.78, 5) is 15.0. The molecule has 1 heterocycles. The molecule has 3 nitrogen and oxygen atoms in total. The summed E-state index contributed by atoms with van der Waals surface area (Å²) in [5, 5.41) is 0. The van der Waals surface area contributed by atoms with Crippen molar-refractivity contribution in [1.82, 2.24) is 4.90 Å². The number of benzene rings is 2. The molecule has 5 heteroatoms. The van der Waals surface area contributed by atoms with Gasteiger partial charge in [-0.3, -0.25) is 4.79 Å². The molecule has 1 saturated carbocycles. The van der Waals surface area contributed by atoms with Gasteiger partial charge in [0.25, 0.3) is 0 Å². The molecular formula is C23H26F2N2O. The third-order valence-corrected chi connectivity index (χ3v) is 6.14. The highest BCUT2D eigenvalue weighted by Gasteiger charge is 2.47. The number of rotatable bonds is 3. The number of hydrogen-bond donors (Lipinski definition) is 1. The lowest BCUT2D eigenvalue weighted by Gasteiger charge is -2.23. The minimum atomic E-state index is -0.578. The largest absolute Gasteiger partial charge is 0.342 e. The Hall–Kier alpha value is -2.27. The van der Waals surface area contributed by atoms with Crippen LogP contribution in [-0.2, 0) is 4.79 Å². The van der Waals surface area contributed by atoms with E-state index in [1.807, 2.05) is 24.0 Å². The third-order valence-electron chi connectivity index (χ3n) is 6.14. The first-order valence-electron chi connectivity index (χ1n) is 9.98. The molecule has 0 radical (unpaired) electrons. The van der Waals surface area contributed by atoms with Gasteiger partial charge in [-0.15, -0.1) is 0 Å². The molecule has 0 bridgehead atoms. The van der Waals surface area contributed by atoms with Crippen LogP contribution in [-0.4, -0.2) is 29.4 Å². The monoisotopic (exact) mass is 384 g/mol. The highest BCUT2D eigenvalue weighted by atomic mass is 19.1. The van der Waals surface area contributed by atoms with Gasteiger partial charge in [0, 0.05) is 24.5 Å². The van der Waals surface area contributed by atoms with Crippen LogP contribution in [0.5, 0.6) is 0 Å². The van der Waals surface area contributed by atoms with E-state index in [-0.39, 0.29) is 28.8 Å². The molecule has 2 N–H and O–H groups in total. The second-order valence-corrected chi connectivity index (χ2v) is 8.47. The quantitative estimate of drug-likeness (QED) is 0.849. The first-order chi connectivity index (χ1) is 13.4. The Bertz CT molecular complexity index is 876. The minimum absolute atomic E-state index is 0.00938. The second-order valence-electron chi connectivity index (χ2n) is 8.47. The lowest BCUT2D eigenvalue weighted by atomic mass is 9.94. The number of hydrogen-bond acceptors (Lipinski definition) is 2. The Morgan fingerprint density at radius 3 is 2.54 bits per heavy atom. The van der Waals surface area contributed by atoms with Gasteiger partial charge in [0.1, 0.15) is 11.6 Å². The summed E-state index contributed by atoms with van der Waals surface area (Å²) in [6, 6.07) is 11.2. The zero-order valence-electron chi connectivity index (χ0n) is 16.1. The van der Waals surface area contributed by atoms with E-state index in [2.05, 4.69) is 0 Å². The van der Waals surface area contributed by atoms with Crippen LogP contribution in [0.25, 0.3) is 11.1 Å². The van der Waals surface area contributed by atoms with Crippen LogP contribution in [0.2, 0.25) is 0 Å². The van der Waals surface area contributed by atoms with Crippen molar-refractivity contribution in [2.75, 3.05) is 13.1 Å². The van der Waals surface area contributed by atoms with Crippen molar-refractivity contribution in [2.45, 2.75) is 44.1 Å². The molecule has 3 atom stereocenters. The molecule has 4 rings (SSSR count). The van der Waals surface area contributed by atoms with Crippen molar-refractivity contribution >= 4 is 5.91 Å². The highest BCUT2D eigenvalue weighted by Crippen LogP contribution is 2.51. The van der Waals surface area contributed by atoms with Crippen molar-refractivity contribution in [1.29, 1.82) is 0 Å². The average molecular weight is 384 g/mol. The van der Waals surface area contributed by atoms with Crippen LogP contribution in [0, 0.1) is 17.6 Å². The molecular weight excluding hydrogens is 358 g/mol. The zero-order chi connectivity index (χ0) is 19.9. The first-order valence-corrected chi connectivity index (χ1v) is 9.98. The molecule has 1 unspecified atom stereocenters. The van der Waals surface area contributed by atoms with Crippen LogP contribution in [0.1, 0.15) is 44.1 Å². The Morgan fingerprint density at radius 1 is 1.07 bits per heavy atom. The Morgan fingerprint density at radius 2 is 1.79 bits per heavy atom. The maximum absolute atomic E-state index is 14.3. The van der Waals surface area contributed by atoms with E-state index in [1.165, 1.54) is 18.2 Å². The van der Waals surface area contributed by atoms with Gasteiger partial charge in [0.15, 0.2) is 0 Å². The van der Waals surface area contributed by atoms with Crippen LogP contribution in [0.3, 0.4) is 0 Å². The maximum atomic E-state index is 14.3. The van der Waals surface area contributed by atoms with Gasteiger partial charge in [0.2, 0.25) is 5.91 Å². The zero-order valence-corrected chi connectivity index (χ0v) is 16.1. The van der Waals surface area contributed by atoms with Gasteiger partial charge in [-0.2, -0.15) is 0 Å². The Labute approximate surface area is 164 Å². The van der Waals surface area contributed by atoms with Crippen LogP contribution >= 0.6 is 0 Å². The number of nitrogens with two attached hydrogens (primary N) is 1. The summed E-state index contributed by atoms with van der Waals surface area (Å²) >= 11 is 0. The maximum Gasteiger partial charge on any atom is 0.226 e. The van der Waals surface area contributed by atoms with Crippen molar-refractivity contribution in [3.63, 3.8) is 0 Å². The summed E-state index contributed by atoms with van der Waals surface area (Å²) < 4.78 is 28.7. The minimum Gasteiger partial charge on any atom is -0.342 e. The summed E-state index contributed by atoms with van der Waals surface area (Å²) in [5.41, 5.74) is 7.42. The molecule has 2 fully saturated rings. The fourth-order valence-electron chi connectivity index (χ4n) is 4.37. The van der Waals surface area contributed by atoms with E-state index in [0.717, 1.165) is 37.8 Å². The summed E-state index contributed by atoms with van der Waals surface area (Å²) in [5.74, 6) is -1.11. The van der Waals surface area contributed by atoms with Gasteiger partial charge in [-0.25, -0.2) is 8.78 Å². The fourth-order valence-corrected chi connectivity index (χ4v) is 4.37. The van der Waals surface area contributed by atoms with E-state index in [4.69, 9.17) is 5.73 Å². The summed E-state index contributed by atoms with van der Waals surface area (Å²) in [6.45, 7) is 3.46. The number of carbonyl (C=O) groups excluding carboxylic acids is 1. The molecule has 1 amide bonds. The Balaban J connectivity index is 1.56. The number of halogens is 2. The van der Waals surface area contributed by atoms with Crippen molar-refractivity contribution < 1.29 is 13.6 Å². The number of nitrogens with zero attached hydrogens (tertiary/aromatic N) is 1. The molecule has 2 aliphatic rings. The third kappa shape index (κ3) is 3.68. The fraction of sp³-hybridized carbons (Fsp3) is 0.435. The van der Waals surface area contributed by atoms with E-state index < -0.39 is 11.6 Å². The Kier molecular flexibility index (Phi) is 4.96. The van der Waals surface area contributed by atoms with E-state index in [1.54, 1.807) is 12.1 Å². The molecule has 0 aromatic heterocycles. The van der Waals surface area contributed by atoms with Crippen molar-refractivity contribution in [2.24, 2.45) is 11.7 Å². The molecule has 0 spiro atoms. The molecule has 148 valence electrons. The smallest absolute Gasteiger partial charge is 0.226 e. The van der Waals surface area contributed by atoms with E-state index in [9.17, 15) is 13.6 Å². The molecule has 2 aromatic rings. The van der Waals surface area contributed by atoms with Crippen LogP contribution in [0.4, 0.5) is 8.78 Å². The van der Waals surface area contributed by atoms with E-state index >= 15 is 0 Å². The van der Waals surface area contributed by atoms with Gasteiger partial charge in [-0.05, 0) is 61.8 Å².